The molecule has 0 bridgehead atoms. The second kappa shape index (κ2) is 4.17. The lowest BCUT2D eigenvalue weighted by atomic mass is 10.2. The van der Waals surface area contributed by atoms with Gasteiger partial charge in [-0.1, -0.05) is 6.07 Å². The van der Waals surface area contributed by atoms with Gasteiger partial charge in [0.05, 0.1) is 18.7 Å². The summed E-state index contributed by atoms with van der Waals surface area (Å²) in [5.41, 5.74) is 1.86. The molecule has 5 heteroatoms. The predicted octanol–water partition coefficient (Wildman–Crippen LogP) is 0.883. The van der Waals surface area contributed by atoms with Crippen molar-refractivity contribution < 1.29 is 4.74 Å². The molecule has 1 atom stereocenters. The minimum Gasteiger partial charge on any atom is -0.494 e. The number of rotatable bonds is 2. The Kier molecular flexibility index (Phi) is 2.63. The van der Waals surface area contributed by atoms with Gasteiger partial charge in [-0.2, -0.15) is 0 Å². The molecule has 1 saturated heterocycles. The minimum absolute atomic E-state index is 0.0307. The van der Waals surface area contributed by atoms with Crippen molar-refractivity contribution in [3.05, 3.63) is 28.7 Å². The van der Waals surface area contributed by atoms with E-state index in [2.05, 4.69) is 5.32 Å². The number of hydrogen-bond donors (Lipinski definition) is 1. The molecule has 2 heterocycles. The van der Waals surface area contributed by atoms with Gasteiger partial charge < -0.3 is 10.1 Å². The highest BCUT2D eigenvalue weighted by Gasteiger charge is 2.24. The Hall–Kier alpha value is -1.75. The highest BCUT2D eigenvalue weighted by Crippen LogP contribution is 2.28. The summed E-state index contributed by atoms with van der Waals surface area (Å²) < 4.78 is 8.96. The molecule has 3 rings (SSSR count). The maximum atomic E-state index is 12.4. The number of nitrogens with zero attached hydrogens (tertiary/aromatic N) is 2. The van der Waals surface area contributed by atoms with Crippen LogP contribution in [-0.2, 0) is 7.05 Å². The topological polar surface area (TPSA) is 48.2 Å². The summed E-state index contributed by atoms with van der Waals surface area (Å²) >= 11 is 0. The van der Waals surface area contributed by atoms with Crippen LogP contribution in [0.4, 0.5) is 0 Å². The molecule has 1 aromatic carbocycles. The molecule has 5 nitrogen and oxygen atoms in total. The van der Waals surface area contributed by atoms with E-state index in [0.29, 0.717) is 0 Å². The quantitative estimate of drug-likeness (QED) is 0.857. The third-order valence-electron chi connectivity index (χ3n) is 3.69. The Bertz CT molecular complexity index is 635. The second-order valence-corrected chi connectivity index (χ2v) is 4.69. The highest BCUT2D eigenvalue weighted by molar-refractivity contribution is 5.82. The third-order valence-corrected chi connectivity index (χ3v) is 3.69. The molecule has 0 spiro atoms. The maximum Gasteiger partial charge on any atom is 0.329 e. The largest absolute Gasteiger partial charge is 0.494 e. The summed E-state index contributed by atoms with van der Waals surface area (Å²) in [6, 6.07) is 5.99. The lowest BCUT2D eigenvalue weighted by molar-refractivity contribution is 0.414. The van der Waals surface area contributed by atoms with Gasteiger partial charge in [0, 0.05) is 13.6 Å². The van der Waals surface area contributed by atoms with Crippen LogP contribution >= 0.6 is 0 Å². The zero-order valence-corrected chi connectivity index (χ0v) is 10.6. The fraction of sp³-hybridized carbons (Fsp3) is 0.462. The van der Waals surface area contributed by atoms with E-state index >= 15 is 0 Å². The summed E-state index contributed by atoms with van der Waals surface area (Å²) in [7, 11) is 3.45. The molecule has 1 aliphatic heterocycles. The molecule has 0 aliphatic carbocycles. The molecule has 2 aromatic rings. The summed E-state index contributed by atoms with van der Waals surface area (Å²) in [6.07, 6.45) is 0.983. The van der Waals surface area contributed by atoms with E-state index < -0.39 is 0 Å². The van der Waals surface area contributed by atoms with Gasteiger partial charge in [0.15, 0.2) is 0 Å². The van der Waals surface area contributed by atoms with Crippen molar-refractivity contribution in [2.24, 2.45) is 7.05 Å². The van der Waals surface area contributed by atoms with Crippen LogP contribution in [-0.4, -0.2) is 29.3 Å². The van der Waals surface area contributed by atoms with E-state index in [-0.39, 0.29) is 11.7 Å². The average Bonchev–Trinajstić information content (AvgIpc) is 2.98. The van der Waals surface area contributed by atoms with Gasteiger partial charge in [0.1, 0.15) is 11.3 Å². The molecule has 0 saturated carbocycles. The third kappa shape index (κ3) is 1.47. The highest BCUT2D eigenvalue weighted by atomic mass is 16.5. The van der Waals surface area contributed by atoms with E-state index in [1.54, 1.807) is 11.7 Å². The Morgan fingerprint density at radius 2 is 2.28 bits per heavy atom. The van der Waals surface area contributed by atoms with Crippen LogP contribution < -0.4 is 15.7 Å². The van der Waals surface area contributed by atoms with Crippen molar-refractivity contribution >= 4 is 11.0 Å². The summed E-state index contributed by atoms with van der Waals surface area (Å²) in [4.78, 5) is 12.4. The second-order valence-electron chi connectivity index (χ2n) is 4.69. The number of nitrogens with one attached hydrogen (secondary N) is 1. The van der Waals surface area contributed by atoms with Crippen molar-refractivity contribution in [2.75, 3.05) is 20.2 Å². The van der Waals surface area contributed by atoms with Crippen LogP contribution in [0.25, 0.3) is 11.0 Å². The molecule has 1 aliphatic rings. The Morgan fingerprint density at radius 3 is 2.94 bits per heavy atom. The van der Waals surface area contributed by atoms with E-state index in [9.17, 15) is 4.79 Å². The van der Waals surface area contributed by atoms with Crippen molar-refractivity contribution in [2.45, 2.75) is 12.5 Å². The van der Waals surface area contributed by atoms with Crippen molar-refractivity contribution in [3.8, 4) is 5.75 Å². The van der Waals surface area contributed by atoms with Crippen molar-refractivity contribution in [1.82, 2.24) is 14.5 Å². The standard InChI is InChI=1S/C13H17N3O2/c1-15-10-4-3-5-11(18-2)12(10)16(13(15)17)9-6-7-14-8-9/h3-5,9,14H,6-8H2,1-2H3. The Labute approximate surface area is 105 Å². The molecular weight excluding hydrogens is 230 g/mol. The maximum absolute atomic E-state index is 12.4. The number of methoxy groups -OCH3 is 1. The lowest BCUT2D eigenvalue weighted by Crippen LogP contribution is -2.27. The summed E-state index contributed by atoms with van der Waals surface area (Å²) in [6.45, 7) is 1.81. The van der Waals surface area contributed by atoms with Crippen molar-refractivity contribution in [1.29, 1.82) is 0 Å². The average molecular weight is 247 g/mol. The van der Waals surface area contributed by atoms with Gasteiger partial charge >= 0.3 is 5.69 Å². The van der Waals surface area contributed by atoms with E-state index in [0.717, 1.165) is 36.3 Å². The number of fused-ring (bicyclic) bond motifs is 1. The number of aryl methyl sites for hydroxylation is 1. The SMILES string of the molecule is COc1cccc2c1n(C1CCNC1)c(=O)n2C. The zero-order valence-electron chi connectivity index (χ0n) is 10.6. The molecule has 0 radical (unpaired) electrons. The first-order chi connectivity index (χ1) is 8.74. The first kappa shape index (κ1) is 11.3. The Morgan fingerprint density at radius 1 is 1.44 bits per heavy atom. The van der Waals surface area contributed by atoms with E-state index in [4.69, 9.17) is 4.74 Å². The summed E-state index contributed by atoms with van der Waals surface area (Å²) in [5, 5.41) is 3.30. The van der Waals surface area contributed by atoms with E-state index in [1.165, 1.54) is 0 Å². The number of imidazole rings is 1. The number of ether oxygens (including phenoxy) is 1. The van der Waals surface area contributed by atoms with Gasteiger partial charge in [-0.3, -0.25) is 9.13 Å². The fourth-order valence-corrected chi connectivity index (χ4v) is 2.75. The number of aromatic nitrogens is 2. The van der Waals surface area contributed by atoms with Crippen LogP contribution in [0.15, 0.2) is 23.0 Å². The van der Waals surface area contributed by atoms with E-state index in [1.807, 2.05) is 29.8 Å². The monoisotopic (exact) mass is 247 g/mol. The number of para-hydroxylation sites is 1. The summed E-state index contributed by atoms with van der Waals surface area (Å²) in [5.74, 6) is 0.761. The molecule has 1 aromatic heterocycles. The lowest BCUT2D eigenvalue weighted by Gasteiger charge is -2.12. The van der Waals surface area contributed by atoms with Gasteiger partial charge in [-0.15, -0.1) is 0 Å². The number of benzene rings is 1. The first-order valence-electron chi connectivity index (χ1n) is 6.18. The molecular formula is C13H17N3O2. The number of hydrogen-bond acceptors (Lipinski definition) is 3. The van der Waals surface area contributed by atoms with Gasteiger partial charge in [-0.25, -0.2) is 4.79 Å². The van der Waals surface area contributed by atoms with Crippen LogP contribution in [0.5, 0.6) is 5.75 Å². The predicted molar refractivity (Wildman–Crippen MR) is 70.3 cm³/mol. The van der Waals surface area contributed by atoms with Crippen LogP contribution in [0.1, 0.15) is 12.5 Å². The Balaban J connectivity index is 2.34. The van der Waals surface area contributed by atoms with Crippen LogP contribution in [0, 0.1) is 0 Å². The molecule has 1 fully saturated rings. The zero-order chi connectivity index (χ0) is 12.7. The van der Waals surface area contributed by atoms with Crippen molar-refractivity contribution in [3.63, 3.8) is 0 Å². The molecule has 0 amide bonds. The van der Waals surface area contributed by atoms with Gasteiger partial charge in [0.2, 0.25) is 0 Å². The minimum atomic E-state index is 0.0307. The molecule has 96 valence electrons. The van der Waals surface area contributed by atoms with Crippen LogP contribution in [0.3, 0.4) is 0 Å². The van der Waals surface area contributed by atoms with Crippen LogP contribution in [0.2, 0.25) is 0 Å². The normalized spacial score (nSPS) is 19.6. The van der Waals surface area contributed by atoms with Gasteiger partial charge in [0.25, 0.3) is 0 Å². The molecule has 18 heavy (non-hydrogen) atoms. The fourth-order valence-electron chi connectivity index (χ4n) is 2.75. The molecule has 1 N–H and O–H groups in total. The van der Waals surface area contributed by atoms with Gasteiger partial charge in [-0.05, 0) is 25.1 Å². The smallest absolute Gasteiger partial charge is 0.329 e. The molecule has 1 unspecified atom stereocenters. The first-order valence-corrected chi connectivity index (χ1v) is 6.18.